The second-order valence-electron chi connectivity index (χ2n) is 7.59. The third kappa shape index (κ3) is 3.93. The van der Waals surface area contributed by atoms with Gasteiger partial charge in [-0.25, -0.2) is 4.68 Å². The standard InChI is InChI=1S/C21H23F3N6O/c1-31-20(16-10-6-3-7-11-16)17(25)12-15(13-26-20)18(14-8-4-2-5-9-14)30-19(21(22,23)24)27-28-29-30/h2-11,15,17-18,26H,12-13,25H2,1H3/t15?,17-,18?,20-/m0/s1. The van der Waals surface area contributed by atoms with Gasteiger partial charge in [0, 0.05) is 19.2 Å². The molecule has 164 valence electrons. The lowest BCUT2D eigenvalue weighted by Gasteiger charge is -2.46. The Morgan fingerprint density at radius 2 is 1.77 bits per heavy atom. The van der Waals surface area contributed by atoms with Crippen molar-refractivity contribution in [2.24, 2.45) is 11.7 Å². The summed E-state index contributed by atoms with van der Waals surface area (Å²) in [4.78, 5) is 0. The number of aromatic nitrogens is 4. The van der Waals surface area contributed by atoms with Crippen molar-refractivity contribution in [3.8, 4) is 0 Å². The molecule has 1 saturated heterocycles. The Hall–Kier alpha value is -2.82. The van der Waals surface area contributed by atoms with Gasteiger partial charge in [0.25, 0.3) is 5.82 Å². The van der Waals surface area contributed by atoms with Gasteiger partial charge in [-0.15, -0.1) is 5.10 Å². The molecule has 0 spiro atoms. The molecule has 3 aromatic rings. The van der Waals surface area contributed by atoms with E-state index in [4.69, 9.17) is 10.5 Å². The van der Waals surface area contributed by atoms with E-state index < -0.39 is 29.8 Å². The van der Waals surface area contributed by atoms with Gasteiger partial charge < -0.3 is 10.5 Å². The highest BCUT2D eigenvalue weighted by Gasteiger charge is 2.47. The first-order valence-electron chi connectivity index (χ1n) is 9.88. The number of nitrogens with one attached hydrogen (secondary N) is 1. The minimum atomic E-state index is -4.68. The van der Waals surface area contributed by atoms with E-state index in [-0.39, 0.29) is 5.92 Å². The molecule has 2 unspecified atom stereocenters. The number of tetrazole rings is 1. The summed E-state index contributed by atoms with van der Waals surface area (Å²) in [6, 6.07) is 17.1. The van der Waals surface area contributed by atoms with Crippen LogP contribution in [0.4, 0.5) is 13.2 Å². The fourth-order valence-corrected chi connectivity index (χ4v) is 4.40. The van der Waals surface area contributed by atoms with Crippen LogP contribution in [0.25, 0.3) is 0 Å². The molecule has 1 aliphatic rings. The van der Waals surface area contributed by atoms with Gasteiger partial charge in [-0.1, -0.05) is 60.7 Å². The molecule has 2 aromatic carbocycles. The fraction of sp³-hybridized carbons (Fsp3) is 0.381. The fourth-order valence-electron chi connectivity index (χ4n) is 4.40. The number of ether oxygens (including phenoxy) is 1. The average Bonchev–Trinajstić information content (AvgIpc) is 3.26. The molecule has 1 fully saturated rings. The van der Waals surface area contributed by atoms with Gasteiger partial charge in [0.1, 0.15) is 0 Å². The van der Waals surface area contributed by atoms with Crippen LogP contribution in [-0.2, 0) is 16.6 Å². The Balaban J connectivity index is 1.71. The molecule has 0 bridgehead atoms. The van der Waals surface area contributed by atoms with Crippen LogP contribution in [0.15, 0.2) is 60.7 Å². The summed E-state index contributed by atoms with van der Waals surface area (Å²) >= 11 is 0. The minimum Gasteiger partial charge on any atom is -0.358 e. The molecule has 1 aromatic heterocycles. The third-order valence-electron chi connectivity index (χ3n) is 5.83. The van der Waals surface area contributed by atoms with Crippen LogP contribution in [0.5, 0.6) is 0 Å². The first kappa shape index (κ1) is 21.4. The molecule has 0 radical (unpaired) electrons. The highest BCUT2D eigenvalue weighted by Crippen LogP contribution is 2.40. The second kappa shape index (κ2) is 8.37. The number of nitrogens with two attached hydrogens (primary N) is 1. The van der Waals surface area contributed by atoms with Gasteiger partial charge >= 0.3 is 6.18 Å². The number of hydrogen-bond acceptors (Lipinski definition) is 6. The molecule has 1 aliphatic heterocycles. The van der Waals surface area contributed by atoms with Crippen molar-refractivity contribution < 1.29 is 17.9 Å². The summed E-state index contributed by atoms with van der Waals surface area (Å²) in [5, 5.41) is 13.6. The Morgan fingerprint density at radius 3 is 2.35 bits per heavy atom. The number of hydrogen-bond donors (Lipinski definition) is 2. The highest BCUT2D eigenvalue weighted by atomic mass is 19.4. The van der Waals surface area contributed by atoms with Gasteiger partial charge in [-0.3, -0.25) is 5.32 Å². The summed E-state index contributed by atoms with van der Waals surface area (Å²) < 4.78 is 47.4. The summed E-state index contributed by atoms with van der Waals surface area (Å²) in [6.45, 7) is 0.354. The van der Waals surface area contributed by atoms with Crippen LogP contribution in [0.2, 0.25) is 0 Å². The molecule has 4 rings (SSSR count). The molecule has 10 heteroatoms. The van der Waals surface area contributed by atoms with Gasteiger partial charge in [0.2, 0.25) is 0 Å². The van der Waals surface area contributed by atoms with E-state index >= 15 is 0 Å². The summed E-state index contributed by atoms with van der Waals surface area (Å²) in [5.41, 5.74) is 7.16. The van der Waals surface area contributed by atoms with E-state index in [1.807, 2.05) is 30.3 Å². The topological polar surface area (TPSA) is 90.9 Å². The molecule has 2 heterocycles. The van der Waals surface area contributed by atoms with Crippen LogP contribution in [0, 0.1) is 5.92 Å². The molecule has 3 N–H and O–H groups in total. The van der Waals surface area contributed by atoms with Crippen molar-refractivity contribution in [1.29, 1.82) is 0 Å². The number of alkyl halides is 3. The third-order valence-corrected chi connectivity index (χ3v) is 5.83. The maximum absolute atomic E-state index is 13.6. The number of halogens is 3. The number of methoxy groups -OCH3 is 1. The molecular weight excluding hydrogens is 409 g/mol. The molecule has 4 atom stereocenters. The number of rotatable bonds is 5. The Kier molecular flexibility index (Phi) is 5.78. The van der Waals surface area contributed by atoms with Gasteiger partial charge in [-0.2, -0.15) is 13.2 Å². The number of benzene rings is 2. The maximum atomic E-state index is 13.6. The Labute approximate surface area is 177 Å². The lowest BCUT2D eigenvalue weighted by Crippen LogP contribution is -2.63. The monoisotopic (exact) mass is 432 g/mol. The molecule has 0 aliphatic carbocycles. The predicted octanol–water partition coefficient (Wildman–Crippen LogP) is 2.72. The summed E-state index contributed by atoms with van der Waals surface area (Å²) in [5.74, 6) is -1.45. The van der Waals surface area contributed by atoms with E-state index in [2.05, 4.69) is 20.8 Å². The van der Waals surface area contributed by atoms with E-state index in [0.29, 0.717) is 18.5 Å². The summed E-state index contributed by atoms with van der Waals surface area (Å²) in [7, 11) is 1.57. The zero-order valence-electron chi connectivity index (χ0n) is 16.8. The van der Waals surface area contributed by atoms with Crippen molar-refractivity contribution in [2.75, 3.05) is 13.7 Å². The van der Waals surface area contributed by atoms with Gasteiger partial charge in [0.05, 0.1) is 12.1 Å². The van der Waals surface area contributed by atoms with Crippen LogP contribution in [-0.4, -0.2) is 39.9 Å². The molecule has 0 saturated carbocycles. The molecule has 7 nitrogen and oxygen atoms in total. The number of nitrogens with zero attached hydrogens (tertiary/aromatic N) is 4. The van der Waals surface area contributed by atoms with Crippen molar-refractivity contribution in [2.45, 2.75) is 30.4 Å². The van der Waals surface area contributed by atoms with Gasteiger partial charge in [-0.05, 0) is 28.3 Å². The first-order chi connectivity index (χ1) is 14.9. The average molecular weight is 432 g/mol. The molecule has 31 heavy (non-hydrogen) atoms. The van der Waals surface area contributed by atoms with E-state index in [1.54, 1.807) is 37.4 Å². The quantitative estimate of drug-likeness (QED) is 0.644. The van der Waals surface area contributed by atoms with Crippen molar-refractivity contribution in [3.05, 3.63) is 77.6 Å². The van der Waals surface area contributed by atoms with E-state index in [1.165, 1.54) is 0 Å². The van der Waals surface area contributed by atoms with Crippen molar-refractivity contribution in [1.82, 2.24) is 25.5 Å². The Morgan fingerprint density at radius 1 is 1.13 bits per heavy atom. The predicted molar refractivity (Wildman–Crippen MR) is 107 cm³/mol. The normalized spacial score (nSPS) is 25.3. The highest BCUT2D eigenvalue weighted by molar-refractivity contribution is 5.27. The lowest BCUT2D eigenvalue weighted by atomic mass is 9.79. The van der Waals surface area contributed by atoms with Crippen LogP contribution >= 0.6 is 0 Å². The molecular formula is C21H23F3N6O. The molecule has 0 amide bonds. The summed E-state index contributed by atoms with van der Waals surface area (Å²) in [6.07, 6.45) is -4.28. The minimum absolute atomic E-state index is 0.311. The van der Waals surface area contributed by atoms with Crippen LogP contribution < -0.4 is 11.1 Å². The lowest BCUT2D eigenvalue weighted by molar-refractivity contribution is -0.149. The van der Waals surface area contributed by atoms with E-state index in [0.717, 1.165) is 10.2 Å². The maximum Gasteiger partial charge on any atom is 0.453 e. The van der Waals surface area contributed by atoms with Crippen LogP contribution in [0.3, 0.4) is 0 Å². The van der Waals surface area contributed by atoms with Crippen molar-refractivity contribution in [3.63, 3.8) is 0 Å². The number of piperidine rings is 1. The van der Waals surface area contributed by atoms with Crippen molar-refractivity contribution >= 4 is 0 Å². The first-order valence-corrected chi connectivity index (χ1v) is 9.88. The van der Waals surface area contributed by atoms with Crippen LogP contribution in [0.1, 0.15) is 29.4 Å². The zero-order valence-corrected chi connectivity index (χ0v) is 16.8. The van der Waals surface area contributed by atoms with E-state index in [9.17, 15) is 13.2 Å². The Bertz CT molecular complexity index is 997. The second-order valence-corrected chi connectivity index (χ2v) is 7.59. The largest absolute Gasteiger partial charge is 0.453 e. The van der Waals surface area contributed by atoms with Gasteiger partial charge in [0.15, 0.2) is 5.72 Å². The SMILES string of the molecule is CO[C@]1(c2ccccc2)NCC(C(c2ccccc2)n2nnnc2C(F)(F)F)C[C@@H]1N. The zero-order chi connectivity index (χ0) is 22.1. The smallest absolute Gasteiger partial charge is 0.358 e.